The molecule has 3 aromatic carbocycles. The number of unbranched alkanes of at least 4 members (excludes halogenated alkanes) is 2. The number of carbonyl (C=O) groups is 4. The van der Waals surface area contributed by atoms with Crippen molar-refractivity contribution >= 4 is 29.7 Å². The molecular weight excluding hydrogens is 572 g/mol. The molecule has 10 heteroatoms. The second-order valence-corrected chi connectivity index (χ2v) is 12.1. The molecule has 3 aromatic rings. The van der Waals surface area contributed by atoms with E-state index in [2.05, 4.69) is 40.2 Å². The van der Waals surface area contributed by atoms with E-state index in [0.29, 0.717) is 38.0 Å². The lowest BCUT2D eigenvalue weighted by Gasteiger charge is -2.24. The van der Waals surface area contributed by atoms with E-state index in [1.807, 2.05) is 24.3 Å². The quantitative estimate of drug-likeness (QED) is 0.171. The fourth-order valence-corrected chi connectivity index (χ4v) is 5.37. The molecular formula is C35H42N4O6. The molecule has 1 aliphatic rings. The van der Waals surface area contributed by atoms with Crippen LogP contribution in [0.15, 0.2) is 72.8 Å². The van der Waals surface area contributed by atoms with Gasteiger partial charge in [0, 0.05) is 37.7 Å². The van der Waals surface area contributed by atoms with Gasteiger partial charge in [0.05, 0.1) is 6.54 Å². The maximum atomic E-state index is 12.3. The molecule has 4 amide bonds. The molecule has 238 valence electrons. The molecule has 0 aliphatic heterocycles. The average molecular weight is 615 g/mol. The molecule has 45 heavy (non-hydrogen) atoms. The monoisotopic (exact) mass is 614 g/mol. The Morgan fingerprint density at radius 3 is 2.02 bits per heavy atom. The van der Waals surface area contributed by atoms with Crippen molar-refractivity contribution in [1.82, 2.24) is 15.5 Å². The Morgan fingerprint density at radius 2 is 1.42 bits per heavy atom. The summed E-state index contributed by atoms with van der Waals surface area (Å²) >= 11 is 0. The fourth-order valence-electron chi connectivity index (χ4n) is 5.37. The number of nitrogens with one attached hydrogen (secondary N) is 3. The SMILES string of the molecule is CC(C)(C)OC(=O)NCc1ccc(NC(=O)CNC(=O)CCCCCN(CC2c3ccccc3-c3ccccc32)C(=O)O)cc1. The second-order valence-electron chi connectivity index (χ2n) is 12.1. The number of alkyl carbamates (subject to hydrolysis) is 1. The Bertz CT molecular complexity index is 1450. The van der Waals surface area contributed by atoms with Crippen LogP contribution in [0.3, 0.4) is 0 Å². The predicted molar refractivity (Wildman–Crippen MR) is 173 cm³/mol. The first-order valence-corrected chi connectivity index (χ1v) is 15.3. The van der Waals surface area contributed by atoms with Crippen LogP contribution >= 0.6 is 0 Å². The van der Waals surface area contributed by atoms with E-state index in [9.17, 15) is 24.3 Å². The van der Waals surface area contributed by atoms with Gasteiger partial charge < -0.3 is 30.7 Å². The third-order valence-corrected chi connectivity index (χ3v) is 7.49. The van der Waals surface area contributed by atoms with Gasteiger partial charge in [0.25, 0.3) is 0 Å². The molecule has 0 spiro atoms. The Labute approximate surface area is 264 Å². The zero-order valence-electron chi connectivity index (χ0n) is 26.1. The summed E-state index contributed by atoms with van der Waals surface area (Å²) in [4.78, 5) is 49.9. The molecule has 4 N–H and O–H groups in total. The lowest BCUT2D eigenvalue weighted by molar-refractivity contribution is -0.124. The van der Waals surface area contributed by atoms with Crippen LogP contribution in [0.5, 0.6) is 0 Å². The molecule has 0 heterocycles. The summed E-state index contributed by atoms with van der Waals surface area (Å²) in [6.45, 7) is 6.28. The van der Waals surface area contributed by atoms with E-state index in [-0.39, 0.29) is 37.2 Å². The van der Waals surface area contributed by atoms with Crippen molar-refractivity contribution in [1.29, 1.82) is 0 Å². The lowest BCUT2D eigenvalue weighted by Crippen LogP contribution is -2.34. The molecule has 4 rings (SSSR count). The molecule has 0 fully saturated rings. The van der Waals surface area contributed by atoms with E-state index >= 15 is 0 Å². The van der Waals surface area contributed by atoms with Crippen LogP contribution in [0.4, 0.5) is 15.3 Å². The Kier molecular flexibility index (Phi) is 11.2. The Morgan fingerprint density at radius 1 is 0.800 bits per heavy atom. The summed E-state index contributed by atoms with van der Waals surface area (Å²) < 4.78 is 5.21. The van der Waals surface area contributed by atoms with Gasteiger partial charge in [-0.05, 0) is 73.6 Å². The van der Waals surface area contributed by atoms with E-state index in [0.717, 1.165) is 27.8 Å². The average Bonchev–Trinajstić information content (AvgIpc) is 3.31. The molecule has 0 atom stereocenters. The number of nitrogens with zero attached hydrogens (tertiary/aromatic N) is 1. The maximum Gasteiger partial charge on any atom is 0.407 e. The predicted octanol–water partition coefficient (Wildman–Crippen LogP) is 6.12. The summed E-state index contributed by atoms with van der Waals surface area (Å²) in [6, 6.07) is 23.3. The van der Waals surface area contributed by atoms with Gasteiger partial charge >= 0.3 is 12.2 Å². The molecule has 1 aliphatic carbocycles. The van der Waals surface area contributed by atoms with Gasteiger partial charge in [-0.2, -0.15) is 0 Å². The first kappa shape index (κ1) is 33.0. The second kappa shape index (κ2) is 15.2. The van der Waals surface area contributed by atoms with Gasteiger partial charge in [0.2, 0.25) is 11.8 Å². The molecule has 0 unspecified atom stereocenters. The molecule has 0 bridgehead atoms. The van der Waals surface area contributed by atoms with Gasteiger partial charge in [0.1, 0.15) is 5.60 Å². The van der Waals surface area contributed by atoms with Crippen LogP contribution in [0.2, 0.25) is 0 Å². The minimum absolute atomic E-state index is 0.00970. The lowest BCUT2D eigenvalue weighted by atomic mass is 9.96. The highest BCUT2D eigenvalue weighted by atomic mass is 16.6. The van der Waals surface area contributed by atoms with E-state index in [1.165, 1.54) is 4.90 Å². The van der Waals surface area contributed by atoms with Crippen LogP contribution in [0.1, 0.15) is 69.1 Å². The van der Waals surface area contributed by atoms with Crippen molar-refractivity contribution in [3.05, 3.63) is 89.5 Å². The highest BCUT2D eigenvalue weighted by Crippen LogP contribution is 2.44. The van der Waals surface area contributed by atoms with Gasteiger partial charge in [-0.25, -0.2) is 9.59 Å². The normalized spacial score (nSPS) is 12.1. The first-order chi connectivity index (χ1) is 21.5. The Balaban J connectivity index is 1.12. The van der Waals surface area contributed by atoms with Crippen molar-refractivity contribution in [3.8, 4) is 11.1 Å². The Hall–Kier alpha value is -4.86. The number of rotatable bonds is 13. The number of anilines is 1. The zero-order chi connectivity index (χ0) is 32.4. The molecule has 0 aromatic heterocycles. The van der Waals surface area contributed by atoms with Crippen molar-refractivity contribution in [3.63, 3.8) is 0 Å². The minimum atomic E-state index is -0.951. The standard InChI is InChI=1S/C35H42N4O6/c1-35(2,3)45-33(42)37-21-24-16-18-25(19-17-24)38-32(41)22-36-31(40)15-5-4-10-20-39(34(43)44)23-30-28-13-8-6-11-26(28)27-12-7-9-14-29(27)30/h6-9,11-14,16-19,30H,4-5,10,15,20-23H2,1-3H3,(H,36,40)(H,37,42)(H,38,41)(H,43,44). The van der Waals surface area contributed by atoms with Gasteiger partial charge in [0.15, 0.2) is 0 Å². The van der Waals surface area contributed by atoms with Crippen LogP contribution in [-0.4, -0.2) is 59.2 Å². The largest absolute Gasteiger partial charge is 0.465 e. The van der Waals surface area contributed by atoms with E-state index in [4.69, 9.17) is 4.74 Å². The minimum Gasteiger partial charge on any atom is -0.465 e. The van der Waals surface area contributed by atoms with Crippen LogP contribution in [-0.2, 0) is 20.9 Å². The highest BCUT2D eigenvalue weighted by Gasteiger charge is 2.30. The van der Waals surface area contributed by atoms with Crippen LogP contribution in [0.25, 0.3) is 11.1 Å². The number of hydrogen-bond acceptors (Lipinski definition) is 5. The topological polar surface area (TPSA) is 137 Å². The summed E-state index contributed by atoms with van der Waals surface area (Å²) in [7, 11) is 0. The zero-order valence-corrected chi connectivity index (χ0v) is 26.1. The molecule has 0 radical (unpaired) electrons. The maximum absolute atomic E-state index is 12.3. The number of carbonyl (C=O) groups excluding carboxylic acids is 3. The smallest absolute Gasteiger partial charge is 0.407 e. The summed E-state index contributed by atoms with van der Waals surface area (Å²) in [5.74, 6) is -0.595. The molecule has 0 saturated carbocycles. The summed E-state index contributed by atoms with van der Waals surface area (Å²) in [5.41, 5.74) is 5.45. The van der Waals surface area contributed by atoms with Crippen molar-refractivity contribution in [2.45, 2.75) is 64.5 Å². The van der Waals surface area contributed by atoms with Crippen molar-refractivity contribution in [2.24, 2.45) is 0 Å². The van der Waals surface area contributed by atoms with Crippen molar-refractivity contribution in [2.75, 3.05) is 25.0 Å². The van der Waals surface area contributed by atoms with Gasteiger partial charge in [-0.15, -0.1) is 0 Å². The van der Waals surface area contributed by atoms with E-state index < -0.39 is 17.8 Å². The van der Waals surface area contributed by atoms with Crippen LogP contribution < -0.4 is 16.0 Å². The van der Waals surface area contributed by atoms with Crippen LogP contribution in [0, 0.1) is 0 Å². The molecule has 0 saturated heterocycles. The van der Waals surface area contributed by atoms with Gasteiger partial charge in [-0.3, -0.25) is 9.59 Å². The number of fused-ring (bicyclic) bond motifs is 3. The van der Waals surface area contributed by atoms with Crippen molar-refractivity contribution < 1.29 is 29.0 Å². The van der Waals surface area contributed by atoms with Gasteiger partial charge in [-0.1, -0.05) is 67.1 Å². The number of amides is 4. The highest BCUT2D eigenvalue weighted by molar-refractivity contribution is 5.94. The third kappa shape index (κ3) is 9.82. The summed E-state index contributed by atoms with van der Waals surface area (Å²) in [5, 5.41) is 17.9. The van der Waals surface area contributed by atoms with E-state index in [1.54, 1.807) is 45.0 Å². The number of ether oxygens (including phenoxy) is 1. The number of carboxylic acid groups (broad SMARTS) is 1. The fraction of sp³-hybridized carbons (Fsp3) is 0.371. The molecule has 10 nitrogen and oxygen atoms in total. The third-order valence-electron chi connectivity index (χ3n) is 7.49. The summed E-state index contributed by atoms with van der Waals surface area (Å²) in [6.07, 6.45) is 0.719. The first-order valence-electron chi connectivity index (χ1n) is 15.3. The number of benzene rings is 3. The number of hydrogen-bond donors (Lipinski definition) is 4.